The molecule has 1 aromatic heterocycles. The highest BCUT2D eigenvalue weighted by Gasteiger charge is 2.10. The van der Waals surface area contributed by atoms with E-state index in [0.29, 0.717) is 11.1 Å². The van der Waals surface area contributed by atoms with E-state index in [9.17, 15) is 4.39 Å². The van der Waals surface area contributed by atoms with Crippen molar-refractivity contribution in [2.45, 2.75) is 13.8 Å². The number of rotatable bonds is 1. The summed E-state index contributed by atoms with van der Waals surface area (Å²) in [6, 6.07) is 9.15. The zero-order valence-electron chi connectivity index (χ0n) is 10.1. The second-order valence-corrected chi connectivity index (χ2v) is 4.91. The molecule has 0 spiro atoms. The van der Waals surface area contributed by atoms with Gasteiger partial charge < -0.3 is 0 Å². The van der Waals surface area contributed by atoms with E-state index in [2.05, 4.69) is 8.75 Å². The first-order chi connectivity index (χ1) is 8.65. The van der Waals surface area contributed by atoms with Crippen LogP contribution in [0.3, 0.4) is 0 Å². The molecular formula is C14H11FN2S. The Balaban J connectivity index is 2.23. The number of fused-ring (bicyclic) bond motifs is 1. The molecule has 0 unspecified atom stereocenters. The van der Waals surface area contributed by atoms with Crippen molar-refractivity contribution in [3.05, 3.63) is 47.3 Å². The monoisotopic (exact) mass is 258 g/mol. The molecule has 2 nitrogen and oxygen atoms in total. The summed E-state index contributed by atoms with van der Waals surface area (Å²) in [7, 11) is 0. The predicted octanol–water partition coefficient (Wildman–Crippen LogP) is 4.11. The van der Waals surface area contributed by atoms with Crippen molar-refractivity contribution in [2.75, 3.05) is 0 Å². The lowest BCUT2D eigenvalue weighted by Crippen LogP contribution is -1.88. The highest BCUT2D eigenvalue weighted by molar-refractivity contribution is 7.00. The number of nitrogens with zero attached hydrogens (tertiary/aromatic N) is 2. The van der Waals surface area contributed by atoms with Crippen molar-refractivity contribution in [1.29, 1.82) is 0 Å². The summed E-state index contributed by atoms with van der Waals surface area (Å²) in [6.45, 7) is 4.07. The van der Waals surface area contributed by atoms with Crippen LogP contribution in [0.4, 0.5) is 4.39 Å². The van der Waals surface area contributed by atoms with Crippen molar-refractivity contribution in [1.82, 2.24) is 8.75 Å². The van der Waals surface area contributed by atoms with E-state index in [0.717, 1.165) is 28.4 Å². The third-order valence-electron chi connectivity index (χ3n) is 3.16. The zero-order chi connectivity index (χ0) is 12.7. The average Bonchev–Trinajstić information content (AvgIpc) is 2.79. The zero-order valence-corrected chi connectivity index (χ0v) is 10.9. The maximum atomic E-state index is 14.1. The molecule has 0 aliphatic carbocycles. The lowest BCUT2D eigenvalue weighted by Gasteiger charge is -2.06. The fraction of sp³-hybridized carbons (Fsp3) is 0.143. The molecule has 3 aromatic rings. The Morgan fingerprint density at radius 2 is 1.67 bits per heavy atom. The summed E-state index contributed by atoms with van der Waals surface area (Å²) in [5.74, 6) is -0.251. The van der Waals surface area contributed by atoms with E-state index < -0.39 is 0 Å². The summed E-state index contributed by atoms with van der Waals surface area (Å²) >= 11 is 1.10. The molecule has 1 heterocycles. The van der Waals surface area contributed by atoms with Gasteiger partial charge in [0.2, 0.25) is 0 Å². The SMILES string of the molecule is Cc1ccc(-c2cc3nsnc3cc2F)cc1C. The largest absolute Gasteiger partial charge is 0.206 e. The van der Waals surface area contributed by atoms with Gasteiger partial charge in [0.15, 0.2) is 0 Å². The minimum atomic E-state index is -0.251. The van der Waals surface area contributed by atoms with Gasteiger partial charge in [-0.25, -0.2) is 4.39 Å². The fourth-order valence-corrected chi connectivity index (χ4v) is 2.45. The molecule has 4 heteroatoms. The first-order valence-electron chi connectivity index (χ1n) is 5.64. The summed E-state index contributed by atoms with van der Waals surface area (Å²) in [5, 5.41) is 0. The molecule has 0 aliphatic heterocycles. The second-order valence-electron chi connectivity index (χ2n) is 4.38. The number of aryl methyl sites for hydroxylation is 2. The maximum absolute atomic E-state index is 14.1. The molecule has 0 fully saturated rings. The van der Waals surface area contributed by atoms with E-state index in [-0.39, 0.29) is 5.82 Å². The van der Waals surface area contributed by atoms with Crippen LogP contribution < -0.4 is 0 Å². The van der Waals surface area contributed by atoms with Crippen LogP contribution in [-0.2, 0) is 0 Å². The van der Waals surface area contributed by atoms with Crippen LogP contribution >= 0.6 is 11.7 Å². The third-order valence-corrected chi connectivity index (χ3v) is 3.72. The number of hydrogen-bond donors (Lipinski definition) is 0. The molecular weight excluding hydrogens is 247 g/mol. The van der Waals surface area contributed by atoms with Crippen LogP contribution in [0.2, 0.25) is 0 Å². The summed E-state index contributed by atoms with van der Waals surface area (Å²) in [6.07, 6.45) is 0. The normalized spacial score (nSPS) is 11.1. The van der Waals surface area contributed by atoms with E-state index >= 15 is 0 Å². The minimum Gasteiger partial charge on any atom is -0.206 e. The molecule has 0 saturated carbocycles. The molecule has 3 rings (SSSR count). The topological polar surface area (TPSA) is 25.8 Å². The van der Waals surface area contributed by atoms with E-state index in [1.54, 1.807) is 6.07 Å². The van der Waals surface area contributed by atoms with Gasteiger partial charge in [-0.1, -0.05) is 18.2 Å². The lowest BCUT2D eigenvalue weighted by molar-refractivity contribution is 0.633. The van der Waals surface area contributed by atoms with Crippen molar-refractivity contribution in [2.24, 2.45) is 0 Å². The van der Waals surface area contributed by atoms with Crippen LogP contribution in [0.1, 0.15) is 11.1 Å². The van der Waals surface area contributed by atoms with Gasteiger partial charge in [-0.05, 0) is 36.6 Å². The molecule has 90 valence electrons. The lowest BCUT2D eigenvalue weighted by atomic mass is 10.00. The van der Waals surface area contributed by atoms with Crippen LogP contribution in [0, 0.1) is 19.7 Å². The van der Waals surface area contributed by atoms with Crippen LogP contribution in [0.25, 0.3) is 22.2 Å². The molecule has 0 aliphatic rings. The smallest absolute Gasteiger partial charge is 0.133 e. The molecule has 0 saturated heterocycles. The number of hydrogen-bond acceptors (Lipinski definition) is 3. The third kappa shape index (κ3) is 1.78. The molecule has 0 atom stereocenters. The quantitative estimate of drug-likeness (QED) is 0.656. The van der Waals surface area contributed by atoms with Gasteiger partial charge in [0.25, 0.3) is 0 Å². The highest BCUT2D eigenvalue weighted by Crippen LogP contribution is 2.28. The Kier molecular flexibility index (Phi) is 2.59. The summed E-state index contributed by atoms with van der Waals surface area (Å²) in [4.78, 5) is 0. The molecule has 2 aromatic carbocycles. The van der Waals surface area contributed by atoms with Gasteiger partial charge >= 0.3 is 0 Å². The minimum absolute atomic E-state index is 0.251. The van der Waals surface area contributed by atoms with E-state index in [1.807, 2.05) is 32.0 Å². The molecule has 0 bridgehead atoms. The molecule has 0 N–H and O–H groups in total. The van der Waals surface area contributed by atoms with E-state index in [4.69, 9.17) is 0 Å². The number of benzene rings is 2. The van der Waals surface area contributed by atoms with Crippen molar-refractivity contribution in [3.63, 3.8) is 0 Å². The van der Waals surface area contributed by atoms with Gasteiger partial charge in [-0.15, -0.1) is 0 Å². The van der Waals surface area contributed by atoms with Gasteiger partial charge in [0, 0.05) is 11.6 Å². The van der Waals surface area contributed by atoms with Gasteiger partial charge in [-0.2, -0.15) is 8.75 Å². The van der Waals surface area contributed by atoms with Crippen molar-refractivity contribution >= 4 is 22.8 Å². The average molecular weight is 258 g/mol. The fourth-order valence-electron chi connectivity index (χ4n) is 1.94. The highest BCUT2D eigenvalue weighted by atomic mass is 32.1. The number of aromatic nitrogens is 2. The Hall–Kier alpha value is -1.81. The first kappa shape index (κ1) is 11.3. The van der Waals surface area contributed by atoms with Gasteiger partial charge in [-0.3, -0.25) is 0 Å². The van der Waals surface area contributed by atoms with Gasteiger partial charge in [0.05, 0.1) is 11.7 Å². The Bertz CT molecular complexity index is 734. The van der Waals surface area contributed by atoms with Crippen LogP contribution in [-0.4, -0.2) is 8.75 Å². The van der Waals surface area contributed by atoms with Crippen LogP contribution in [0.5, 0.6) is 0 Å². The Morgan fingerprint density at radius 1 is 0.944 bits per heavy atom. The molecule has 0 amide bonds. The summed E-state index contributed by atoms with van der Waals surface area (Å²) < 4.78 is 22.2. The standard InChI is InChI=1S/C14H11FN2S/c1-8-3-4-10(5-9(8)2)11-6-13-14(7-12(11)15)17-18-16-13/h3-7H,1-2H3. The predicted molar refractivity (Wildman–Crippen MR) is 72.3 cm³/mol. The van der Waals surface area contributed by atoms with Crippen LogP contribution in [0.15, 0.2) is 30.3 Å². The second kappa shape index (κ2) is 4.14. The Morgan fingerprint density at radius 3 is 2.39 bits per heavy atom. The van der Waals surface area contributed by atoms with Crippen molar-refractivity contribution < 1.29 is 4.39 Å². The molecule has 18 heavy (non-hydrogen) atoms. The maximum Gasteiger partial charge on any atom is 0.133 e. The van der Waals surface area contributed by atoms with Crippen molar-refractivity contribution in [3.8, 4) is 11.1 Å². The van der Waals surface area contributed by atoms with Gasteiger partial charge in [0.1, 0.15) is 16.9 Å². The molecule has 0 radical (unpaired) electrons. The van der Waals surface area contributed by atoms with E-state index in [1.165, 1.54) is 11.6 Å². The number of halogens is 1. The Labute approximate surface area is 108 Å². The first-order valence-corrected chi connectivity index (χ1v) is 6.37. The summed E-state index contributed by atoms with van der Waals surface area (Å²) in [5.41, 5.74) is 5.18.